The van der Waals surface area contributed by atoms with Crippen LogP contribution < -0.4 is 0 Å². The maximum atomic E-state index is 14.0. The summed E-state index contributed by atoms with van der Waals surface area (Å²) < 4.78 is 26.4. The summed E-state index contributed by atoms with van der Waals surface area (Å²) in [6.45, 7) is 3.54. The van der Waals surface area contributed by atoms with Crippen LogP contribution in [0, 0.1) is 18.8 Å². The minimum absolute atomic E-state index is 0.0434. The lowest BCUT2D eigenvalue weighted by molar-refractivity contribution is -0.155. The quantitative estimate of drug-likeness (QED) is 0.215. The van der Waals surface area contributed by atoms with Crippen molar-refractivity contribution in [3.05, 3.63) is 96.0 Å². The summed E-state index contributed by atoms with van der Waals surface area (Å²) in [6, 6.07) is 16.7. The molecule has 210 valence electrons. The molecule has 0 amide bonds. The lowest BCUT2D eigenvalue weighted by Crippen LogP contribution is -2.24. The molecule has 5 aromatic rings. The van der Waals surface area contributed by atoms with Crippen molar-refractivity contribution in [1.29, 1.82) is 0 Å². The number of ether oxygens (including phenoxy) is 1. The number of furan rings is 1. The number of hydrogen-bond acceptors (Lipinski definition) is 8. The van der Waals surface area contributed by atoms with Gasteiger partial charge in [-0.15, -0.1) is 0 Å². The van der Waals surface area contributed by atoms with E-state index in [0.717, 1.165) is 33.6 Å². The fraction of sp³-hybridized carbons (Fsp3) is 0.290. The van der Waals surface area contributed by atoms with Crippen molar-refractivity contribution in [2.75, 3.05) is 26.8 Å². The molecule has 5 heterocycles. The van der Waals surface area contributed by atoms with E-state index in [1.807, 2.05) is 54.1 Å². The molecule has 2 atom stereocenters. The Hall–Kier alpha value is -4.25. The molecule has 1 saturated heterocycles. The molecule has 0 saturated carbocycles. The second kappa shape index (κ2) is 11.7. The van der Waals surface area contributed by atoms with Crippen LogP contribution in [-0.4, -0.2) is 57.4 Å². The number of carbonyl (C=O) groups excluding carboxylic acids is 1. The number of hydroxylamine groups is 2. The molecule has 1 aliphatic rings. The highest BCUT2D eigenvalue weighted by Crippen LogP contribution is 2.37. The first-order chi connectivity index (χ1) is 20.0. The molecule has 0 aliphatic carbocycles. The number of rotatable bonds is 10. The van der Waals surface area contributed by atoms with Crippen molar-refractivity contribution in [2.45, 2.75) is 25.9 Å². The summed E-state index contributed by atoms with van der Waals surface area (Å²) in [6.07, 6.45) is 4.75. The van der Waals surface area contributed by atoms with Crippen molar-refractivity contribution < 1.29 is 23.2 Å². The van der Waals surface area contributed by atoms with E-state index in [0.29, 0.717) is 31.0 Å². The van der Waals surface area contributed by atoms with Gasteiger partial charge in [-0.1, -0.05) is 18.2 Å². The van der Waals surface area contributed by atoms with Gasteiger partial charge in [0.05, 0.1) is 29.9 Å². The number of methoxy groups -OCH3 is 1. The summed E-state index contributed by atoms with van der Waals surface area (Å²) in [5.74, 6) is -0.701. The Bertz CT molecular complexity index is 1670. The molecule has 0 N–H and O–H groups in total. The predicted octanol–water partition coefficient (Wildman–Crippen LogP) is 5.28. The van der Waals surface area contributed by atoms with E-state index in [9.17, 15) is 9.18 Å². The third-order valence-electron chi connectivity index (χ3n) is 7.43. The van der Waals surface area contributed by atoms with E-state index < -0.39 is 12.1 Å². The Morgan fingerprint density at radius 3 is 2.80 bits per heavy atom. The molecule has 0 spiro atoms. The summed E-state index contributed by atoms with van der Waals surface area (Å²) in [5.41, 5.74) is 5.40. The molecule has 9 nitrogen and oxygen atoms in total. The van der Waals surface area contributed by atoms with Crippen molar-refractivity contribution in [3.63, 3.8) is 0 Å². The monoisotopic (exact) mass is 555 g/mol. The molecule has 1 fully saturated rings. The first-order valence-corrected chi connectivity index (χ1v) is 13.5. The largest absolute Gasteiger partial charge is 0.446 e. The Kier molecular flexibility index (Phi) is 7.69. The molecule has 6 rings (SSSR count). The topological polar surface area (TPSA) is 95.5 Å². The average Bonchev–Trinajstić information content (AvgIpc) is 3.70. The first-order valence-electron chi connectivity index (χ1n) is 13.5. The zero-order valence-corrected chi connectivity index (χ0v) is 22.9. The van der Waals surface area contributed by atoms with Crippen molar-refractivity contribution >= 4 is 16.9 Å². The molecule has 0 bridgehead atoms. The smallest absolute Gasteiger partial charge is 0.225 e. The van der Waals surface area contributed by atoms with Gasteiger partial charge in [-0.3, -0.25) is 9.63 Å². The van der Waals surface area contributed by atoms with Crippen LogP contribution in [-0.2, 0) is 20.8 Å². The van der Waals surface area contributed by atoms with Crippen molar-refractivity contribution in [3.8, 4) is 16.9 Å². The van der Waals surface area contributed by atoms with Crippen LogP contribution in [0.2, 0.25) is 0 Å². The molecular formula is C31H30FN5O4. The minimum atomic E-state index is -0.579. The van der Waals surface area contributed by atoms with E-state index in [1.54, 1.807) is 30.7 Å². The molecule has 1 aromatic carbocycles. The lowest BCUT2D eigenvalue weighted by Gasteiger charge is -2.17. The van der Waals surface area contributed by atoms with Crippen LogP contribution in [0.4, 0.5) is 4.39 Å². The molecule has 1 aliphatic heterocycles. The van der Waals surface area contributed by atoms with Crippen LogP contribution in [0.3, 0.4) is 0 Å². The number of hydrogen-bond donors (Lipinski definition) is 0. The number of Topliss-reactive ketones (excluding diaryl/α,β-unsaturated/α-hetero) is 1. The maximum Gasteiger partial charge on any atom is 0.225 e. The summed E-state index contributed by atoms with van der Waals surface area (Å²) in [5, 5.41) is 7.62. The summed E-state index contributed by atoms with van der Waals surface area (Å²) >= 11 is 0. The molecule has 4 aromatic heterocycles. The molecular weight excluding hydrogens is 525 g/mol. The van der Waals surface area contributed by atoms with Crippen molar-refractivity contribution in [2.24, 2.45) is 5.92 Å². The SMILES string of the molecule is COCCN1C[C@@H](CC(=O)Cc2c(C)c(-c3cnc4occc4c3)nn2-c2ccccc2)[C@H](c2ccnc(F)c2)O1. The van der Waals surface area contributed by atoms with E-state index in [-0.39, 0.29) is 24.5 Å². The third kappa shape index (κ3) is 5.67. The standard InChI is InChI=1S/C31H30FN5O4/c1-20-27(17-26(38)15-24-19-36(11-13-39-2)41-30(24)21-8-10-33-28(32)16-21)37(25-6-4-3-5-7-25)35-29(20)23-14-22-9-12-40-31(22)34-18-23/h3-10,12,14,16,18,24,30H,11,13,15,17,19H2,1-2H3/t24-,30+/m1/s1. The second-order valence-electron chi connectivity index (χ2n) is 10.2. The van der Waals surface area contributed by atoms with Gasteiger partial charge in [0.1, 0.15) is 11.9 Å². The number of carbonyl (C=O) groups is 1. The van der Waals surface area contributed by atoms with Gasteiger partial charge in [-0.05, 0) is 54.4 Å². The number of pyridine rings is 2. The van der Waals surface area contributed by atoms with Gasteiger partial charge in [0.2, 0.25) is 11.7 Å². The Morgan fingerprint density at radius 1 is 1.15 bits per heavy atom. The van der Waals surface area contributed by atoms with Crippen molar-refractivity contribution in [1.82, 2.24) is 24.8 Å². The minimum Gasteiger partial charge on any atom is -0.446 e. The van der Waals surface area contributed by atoms with Crippen LogP contribution in [0.5, 0.6) is 0 Å². The highest BCUT2D eigenvalue weighted by molar-refractivity contribution is 5.83. The number of ketones is 1. The molecule has 0 radical (unpaired) electrons. The van der Waals surface area contributed by atoms with Crippen LogP contribution >= 0.6 is 0 Å². The summed E-state index contributed by atoms with van der Waals surface area (Å²) in [7, 11) is 1.63. The van der Waals surface area contributed by atoms with Gasteiger partial charge in [0, 0.05) is 62.3 Å². The number of fused-ring (bicyclic) bond motifs is 1. The average molecular weight is 556 g/mol. The number of benzene rings is 1. The molecule has 10 heteroatoms. The van der Waals surface area contributed by atoms with Crippen LogP contribution in [0.15, 0.2) is 77.7 Å². The fourth-order valence-electron chi connectivity index (χ4n) is 5.42. The number of para-hydroxylation sites is 1. The van der Waals surface area contributed by atoms with Gasteiger partial charge in [-0.25, -0.2) is 14.6 Å². The molecule has 0 unspecified atom stereocenters. The van der Waals surface area contributed by atoms with E-state index in [1.165, 1.54) is 12.3 Å². The Morgan fingerprint density at radius 2 is 2.00 bits per heavy atom. The zero-order valence-electron chi connectivity index (χ0n) is 22.9. The van der Waals surface area contributed by atoms with Crippen LogP contribution in [0.25, 0.3) is 28.0 Å². The normalized spacial score (nSPS) is 17.4. The maximum absolute atomic E-state index is 14.0. The third-order valence-corrected chi connectivity index (χ3v) is 7.43. The fourth-order valence-corrected chi connectivity index (χ4v) is 5.42. The Balaban J connectivity index is 1.29. The number of aromatic nitrogens is 4. The van der Waals surface area contributed by atoms with Gasteiger partial charge >= 0.3 is 0 Å². The number of nitrogens with zero attached hydrogens (tertiary/aromatic N) is 5. The second-order valence-corrected chi connectivity index (χ2v) is 10.2. The van der Waals surface area contributed by atoms with Gasteiger partial charge in [-0.2, -0.15) is 14.6 Å². The van der Waals surface area contributed by atoms with Gasteiger partial charge < -0.3 is 9.15 Å². The van der Waals surface area contributed by atoms with Gasteiger partial charge in [0.15, 0.2) is 0 Å². The van der Waals surface area contributed by atoms with Gasteiger partial charge in [0.25, 0.3) is 0 Å². The highest BCUT2D eigenvalue weighted by Gasteiger charge is 2.37. The number of halogens is 1. The van der Waals surface area contributed by atoms with E-state index in [2.05, 4.69) is 9.97 Å². The Labute approximate surface area is 236 Å². The lowest BCUT2D eigenvalue weighted by atomic mass is 9.91. The van der Waals surface area contributed by atoms with E-state index >= 15 is 0 Å². The van der Waals surface area contributed by atoms with E-state index in [4.69, 9.17) is 19.1 Å². The zero-order chi connectivity index (χ0) is 28.3. The highest BCUT2D eigenvalue weighted by atomic mass is 19.1. The predicted molar refractivity (Wildman–Crippen MR) is 150 cm³/mol. The van der Waals surface area contributed by atoms with Crippen LogP contribution in [0.1, 0.15) is 29.3 Å². The first kappa shape index (κ1) is 26.9. The molecule has 41 heavy (non-hydrogen) atoms. The summed E-state index contributed by atoms with van der Waals surface area (Å²) in [4.78, 5) is 28.0.